The Bertz CT molecular complexity index is 607. The first-order valence-electron chi connectivity index (χ1n) is 9.76. The molecule has 1 aliphatic heterocycles. The molecule has 3 rings (SSSR count). The first-order valence-corrected chi connectivity index (χ1v) is 10.6. The number of esters is 1. The Morgan fingerprint density at radius 3 is 2.59 bits per heavy atom. The number of nitrogens with one attached hydrogen (secondary N) is 1. The van der Waals surface area contributed by atoms with Gasteiger partial charge in [0.25, 0.3) is 0 Å². The molecule has 1 saturated carbocycles. The molecule has 1 aromatic rings. The van der Waals surface area contributed by atoms with E-state index in [0.29, 0.717) is 0 Å². The van der Waals surface area contributed by atoms with E-state index < -0.39 is 0 Å². The summed E-state index contributed by atoms with van der Waals surface area (Å²) < 4.78 is 4.89. The van der Waals surface area contributed by atoms with Crippen LogP contribution in [0.15, 0.2) is 22.5 Å². The SMILES string of the molecule is CN=C(NCC1(c2cccs2)CCCCC1)N1CCC(C(=O)OC)CC1.I. The number of guanidine groups is 1. The number of hydrogen-bond donors (Lipinski definition) is 1. The summed E-state index contributed by atoms with van der Waals surface area (Å²) in [6.45, 7) is 2.65. The van der Waals surface area contributed by atoms with Gasteiger partial charge in [-0.05, 0) is 37.1 Å². The van der Waals surface area contributed by atoms with Crippen molar-refractivity contribution in [3.05, 3.63) is 22.4 Å². The lowest BCUT2D eigenvalue weighted by Crippen LogP contribution is -2.50. The van der Waals surface area contributed by atoms with Gasteiger partial charge in [0.15, 0.2) is 5.96 Å². The second-order valence-corrected chi connectivity index (χ2v) is 8.45. The largest absolute Gasteiger partial charge is 0.469 e. The third-order valence-electron chi connectivity index (χ3n) is 5.98. The molecule has 0 atom stereocenters. The molecule has 0 unspecified atom stereocenters. The molecule has 2 heterocycles. The molecule has 0 radical (unpaired) electrons. The van der Waals surface area contributed by atoms with Crippen molar-refractivity contribution in [2.45, 2.75) is 50.4 Å². The van der Waals surface area contributed by atoms with Crippen molar-refractivity contribution in [2.24, 2.45) is 10.9 Å². The minimum Gasteiger partial charge on any atom is -0.469 e. The second kappa shape index (κ2) is 10.6. The number of ether oxygens (including phenoxy) is 1. The molecule has 0 aromatic carbocycles. The molecule has 1 N–H and O–H groups in total. The van der Waals surface area contributed by atoms with Gasteiger partial charge in [-0.15, -0.1) is 35.3 Å². The molecule has 152 valence electrons. The summed E-state index contributed by atoms with van der Waals surface area (Å²) in [6.07, 6.45) is 8.14. The zero-order valence-corrected chi connectivity index (χ0v) is 19.6. The molecular weight excluding hydrogens is 473 g/mol. The molecule has 0 bridgehead atoms. The van der Waals surface area contributed by atoms with E-state index in [2.05, 4.69) is 32.7 Å². The van der Waals surface area contributed by atoms with Gasteiger partial charge in [0.1, 0.15) is 0 Å². The molecule has 1 aromatic heterocycles. The third-order valence-corrected chi connectivity index (χ3v) is 7.10. The van der Waals surface area contributed by atoms with Gasteiger partial charge in [-0.2, -0.15) is 0 Å². The Morgan fingerprint density at radius 1 is 1.33 bits per heavy atom. The highest BCUT2D eigenvalue weighted by molar-refractivity contribution is 14.0. The lowest BCUT2D eigenvalue weighted by atomic mass is 9.73. The van der Waals surface area contributed by atoms with Crippen LogP contribution in [-0.4, -0.2) is 50.6 Å². The van der Waals surface area contributed by atoms with Crippen molar-refractivity contribution >= 4 is 47.2 Å². The minimum absolute atomic E-state index is 0. The quantitative estimate of drug-likeness (QED) is 0.291. The number of aliphatic imine (C=N–C) groups is 1. The van der Waals surface area contributed by atoms with Gasteiger partial charge in [0.05, 0.1) is 13.0 Å². The van der Waals surface area contributed by atoms with Crippen molar-refractivity contribution in [3.8, 4) is 0 Å². The maximum Gasteiger partial charge on any atom is 0.308 e. The number of methoxy groups -OCH3 is 1. The summed E-state index contributed by atoms with van der Waals surface area (Å²) in [5, 5.41) is 5.85. The standard InChI is InChI=1S/C20H31N3O2S.HI/c1-21-19(23-12-8-16(9-13-23)18(24)25-2)22-15-20(10-4-3-5-11-20)17-7-6-14-26-17;/h6-7,14,16H,3-5,8-13,15H2,1-2H3,(H,21,22);1H. The third kappa shape index (κ3) is 5.37. The van der Waals surface area contributed by atoms with Crippen LogP contribution in [0.5, 0.6) is 0 Å². The molecule has 7 heteroatoms. The van der Waals surface area contributed by atoms with Crippen LogP contribution in [0.3, 0.4) is 0 Å². The lowest BCUT2D eigenvalue weighted by molar-refractivity contribution is -0.146. The van der Waals surface area contributed by atoms with E-state index >= 15 is 0 Å². The predicted octanol–water partition coefficient (Wildman–Crippen LogP) is 4.03. The Labute approximate surface area is 184 Å². The summed E-state index contributed by atoms with van der Waals surface area (Å²) in [5.41, 5.74) is 0.243. The molecule has 1 aliphatic carbocycles. The summed E-state index contributed by atoms with van der Waals surface area (Å²) in [4.78, 5) is 20.0. The lowest BCUT2D eigenvalue weighted by Gasteiger charge is -2.39. The fourth-order valence-electron chi connectivity index (χ4n) is 4.39. The van der Waals surface area contributed by atoms with E-state index in [-0.39, 0.29) is 41.3 Å². The van der Waals surface area contributed by atoms with Gasteiger partial charge >= 0.3 is 5.97 Å². The van der Waals surface area contributed by atoms with Gasteiger partial charge in [0.2, 0.25) is 0 Å². The van der Waals surface area contributed by atoms with Crippen LogP contribution >= 0.6 is 35.3 Å². The number of likely N-dealkylation sites (tertiary alicyclic amines) is 1. The van der Waals surface area contributed by atoms with E-state index in [0.717, 1.165) is 38.4 Å². The number of nitrogens with zero attached hydrogens (tertiary/aromatic N) is 2. The monoisotopic (exact) mass is 505 g/mol. The van der Waals surface area contributed by atoms with Crippen molar-refractivity contribution in [1.29, 1.82) is 0 Å². The van der Waals surface area contributed by atoms with Crippen molar-refractivity contribution < 1.29 is 9.53 Å². The number of halogens is 1. The maximum absolute atomic E-state index is 11.7. The first kappa shape index (κ1) is 22.5. The summed E-state index contributed by atoms with van der Waals surface area (Å²) in [5.74, 6) is 0.923. The molecule has 2 fully saturated rings. The fraction of sp³-hybridized carbons (Fsp3) is 0.700. The molecule has 2 aliphatic rings. The second-order valence-electron chi connectivity index (χ2n) is 7.50. The van der Waals surface area contributed by atoms with Crippen molar-refractivity contribution in [1.82, 2.24) is 10.2 Å². The van der Waals surface area contributed by atoms with E-state index in [1.165, 1.54) is 44.1 Å². The van der Waals surface area contributed by atoms with Crippen LogP contribution in [-0.2, 0) is 14.9 Å². The summed E-state index contributed by atoms with van der Waals surface area (Å²) >= 11 is 1.88. The van der Waals surface area contributed by atoms with Gasteiger partial charge in [-0.1, -0.05) is 25.3 Å². The Kier molecular flexibility index (Phi) is 8.85. The Morgan fingerprint density at radius 2 is 2.04 bits per heavy atom. The number of thiophene rings is 1. The smallest absolute Gasteiger partial charge is 0.308 e. The molecule has 0 amide bonds. The van der Waals surface area contributed by atoms with E-state index in [9.17, 15) is 4.79 Å². The van der Waals surface area contributed by atoms with E-state index in [1.54, 1.807) is 0 Å². The molecule has 27 heavy (non-hydrogen) atoms. The van der Waals surface area contributed by atoms with Gasteiger partial charge < -0.3 is 15.0 Å². The van der Waals surface area contributed by atoms with Crippen LogP contribution in [0, 0.1) is 5.92 Å². The van der Waals surface area contributed by atoms with Crippen LogP contribution in [0.25, 0.3) is 0 Å². The summed E-state index contributed by atoms with van der Waals surface area (Å²) in [6, 6.07) is 4.46. The van der Waals surface area contributed by atoms with Crippen LogP contribution in [0.4, 0.5) is 0 Å². The van der Waals surface area contributed by atoms with E-state index in [4.69, 9.17) is 4.74 Å². The topological polar surface area (TPSA) is 53.9 Å². The normalized spacial score (nSPS) is 20.7. The highest BCUT2D eigenvalue weighted by atomic mass is 127. The number of carbonyl (C=O) groups excluding carboxylic acids is 1. The van der Waals surface area contributed by atoms with Gasteiger partial charge in [0, 0.05) is 37.0 Å². The highest BCUT2D eigenvalue weighted by Crippen LogP contribution is 2.41. The van der Waals surface area contributed by atoms with Gasteiger partial charge in [-0.25, -0.2) is 0 Å². The number of piperidine rings is 1. The van der Waals surface area contributed by atoms with Crippen LogP contribution < -0.4 is 5.32 Å². The zero-order chi connectivity index (χ0) is 18.4. The maximum atomic E-state index is 11.7. The highest BCUT2D eigenvalue weighted by Gasteiger charge is 2.35. The fourth-order valence-corrected chi connectivity index (χ4v) is 5.38. The average Bonchev–Trinajstić information content (AvgIpc) is 3.24. The van der Waals surface area contributed by atoms with E-state index in [1.807, 2.05) is 18.4 Å². The van der Waals surface area contributed by atoms with Crippen molar-refractivity contribution in [3.63, 3.8) is 0 Å². The van der Waals surface area contributed by atoms with Crippen LogP contribution in [0.1, 0.15) is 49.8 Å². The number of hydrogen-bond acceptors (Lipinski definition) is 4. The molecule has 1 saturated heterocycles. The zero-order valence-electron chi connectivity index (χ0n) is 16.4. The predicted molar refractivity (Wildman–Crippen MR) is 122 cm³/mol. The molecule has 5 nitrogen and oxygen atoms in total. The Hall–Kier alpha value is -0.830. The number of rotatable bonds is 4. The van der Waals surface area contributed by atoms with Crippen molar-refractivity contribution in [2.75, 3.05) is 33.8 Å². The van der Waals surface area contributed by atoms with Gasteiger partial charge in [-0.3, -0.25) is 9.79 Å². The Balaban J connectivity index is 0.00000261. The number of carbonyl (C=O) groups is 1. The molecule has 0 spiro atoms. The van der Waals surface area contributed by atoms with Crippen LogP contribution in [0.2, 0.25) is 0 Å². The summed E-state index contributed by atoms with van der Waals surface area (Å²) in [7, 11) is 3.33. The molecular formula is C20H32IN3O2S. The average molecular weight is 505 g/mol. The first-order chi connectivity index (χ1) is 12.7. The minimum atomic E-state index is -0.0774.